The van der Waals surface area contributed by atoms with Crippen LogP contribution in [0.4, 0.5) is 4.79 Å². The second-order valence-electron chi connectivity index (χ2n) is 4.26. The van der Waals surface area contributed by atoms with Gasteiger partial charge in [-0.3, -0.25) is 0 Å². The van der Waals surface area contributed by atoms with E-state index in [1.807, 2.05) is 18.4 Å². The molecule has 0 fully saturated rings. The number of rotatable bonds is 3. The Kier molecular flexibility index (Phi) is 3.90. The van der Waals surface area contributed by atoms with Gasteiger partial charge in [-0.05, 0) is 37.8 Å². The lowest BCUT2D eigenvalue weighted by Crippen LogP contribution is -2.45. The summed E-state index contributed by atoms with van der Waals surface area (Å²) in [7, 11) is 0. The van der Waals surface area contributed by atoms with Crippen molar-refractivity contribution in [1.82, 2.24) is 10.6 Å². The number of nitrogens with one attached hydrogen (secondary N) is 2. The van der Waals surface area contributed by atoms with E-state index in [9.17, 15) is 9.59 Å². The van der Waals surface area contributed by atoms with E-state index in [0.29, 0.717) is 17.9 Å². The molecule has 0 spiro atoms. The van der Waals surface area contributed by atoms with Crippen LogP contribution in [0.1, 0.15) is 30.3 Å². The zero-order valence-electron chi connectivity index (χ0n) is 11.1. The van der Waals surface area contributed by atoms with Crippen molar-refractivity contribution in [3.8, 4) is 0 Å². The molecule has 102 valence electrons. The highest BCUT2D eigenvalue weighted by Gasteiger charge is 2.33. The van der Waals surface area contributed by atoms with Gasteiger partial charge in [0.25, 0.3) is 0 Å². The standard InChI is InChI=1S/C13H16N2O3S/c1-4-18-12(16)9-8(3)14-13(17)15-10(9)11-7(2)5-6-19-11/h5-6,10H,4H2,1-3H3,(H2,14,15,17). The molecule has 0 bridgehead atoms. The van der Waals surface area contributed by atoms with Gasteiger partial charge in [0.05, 0.1) is 18.2 Å². The van der Waals surface area contributed by atoms with E-state index in [0.717, 1.165) is 10.4 Å². The number of esters is 1. The minimum absolute atomic E-state index is 0.302. The number of carbonyl (C=O) groups excluding carboxylic acids is 2. The number of thiophene rings is 1. The van der Waals surface area contributed by atoms with Gasteiger partial charge in [0.2, 0.25) is 0 Å². The fourth-order valence-electron chi connectivity index (χ4n) is 2.05. The van der Waals surface area contributed by atoms with Crippen molar-refractivity contribution in [2.75, 3.05) is 6.61 Å². The molecule has 19 heavy (non-hydrogen) atoms. The Balaban J connectivity index is 2.44. The number of urea groups is 1. The summed E-state index contributed by atoms with van der Waals surface area (Å²) >= 11 is 1.51. The van der Waals surface area contributed by atoms with Crippen molar-refractivity contribution in [2.24, 2.45) is 0 Å². The third-order valence-electron chi connectivity index (χ3n) is 2.93. The lowest BCUT2D eigenvalue weighted by molar-refractivity contribution is -0.139. The van der Waals surface area contributed by atoms with E-state index in [1.54, 1.807) is 13.8 Å². The predicted octanol–water partition coefficient (Wildman–Crippen LogP) is 2.25. The quantitative estimate of drug-likeness (QED) is 0.834. The van der Waals surface area contributed by atoms with E-state index >= 15 is 0 Å². The van der Waals surface area contributed by atoms with Crippen LogP contribution in [0.5, 0.6) is 0 Å². The molecule has 1 aliphatic heterocycles. The van der Waals surface area contributed by atoms with Crippen molar-refractivity contribution in [3.05, 3.63) is 33.2 Å². The highest BCUT2D eigenvalue weighted by Crippen LogP contribution is 2.32. The van der Waals surface area contributed by atoms with Crippen LogP contribution in [0.2, 0.25) is 0 Å². The molecule has 2 N–H and O–H groups in total. The minimum Gasteiger partial charge on any atom is -0.463 e. The van der Waals surface area contributed by atoms with Gasteiger partial charge in [0.1, 0.15) is 0 Å². The summed E-state index contributed by atoms with van der Waals surface area (Å²) in [5.41, 5.74) is 2.05. The van der Waals surface area contributed by atoms with E-state index in [-0.39, 0.29) is 6.03 Å². The van der Waals surface area contributed by atoms with Crippen LogP contribution in [0.25, 0.3) is 0 Å². The van der Waals surface area contributed by atoms with Crippen LogP contribution in [0.3, 0.4) is 0 Å². The third-order valence-corrected chi connectivity index (χ3v) is 4.01. The average molecular weight is 280 g/mol. The van der Waals surface area contributed by atoms with Gasteiger partial charge in [-0.1, -0.05) is 0 Å². The largest absolute Gasteiger partial charge is 0.463 e. The van der Waals surface area contributed by atoms with Gasteiger partial charge < -0.3 is 15.4 Å². The zero-order chi connectivity index (χ0) is 14.0. The summed E-state index contributed by atoms with van der Waals surface area (Å²) < 4.78 is 5.07. The number of carbonyl (C=O) groups is 2. The SMILES string of the molecule is CCOC(=O)C1=C(C)NC(=O)NC1c1sccc1C. The molecule has 0 radical (unpaired) electrons. The Bertz CT molecular complexity index is 548. The summed E-state index contributed by atoms with van der Waals surface area (Å²) in [6.07, 6.45) is 0. The molecule has 0 aliphatic carbocycles. The maximum absolute atomic E-state index is 12.1. The van der Waals surface area contributed by atoms with E-state index in [2.05, 4.69) is 10.6 Å². The maximum Gasteiger partial charge on any atom is 0.338 e. The zero-order valence-corrected chi connectivity index (χ0v) is 11.9. The Hall–Kier alpha value is -1.82. The fraction of sp³-hybridized carbons (Fsp3) is 0.385. The van der Waals surface area contributed by atoms with Gasteiger partial charge in [-0.15, -0.1) is 11.3 Å². The van der Waals surface area contributed by atoms with Crippen LogP contribution in [0, 0.1) is 6.92 Å². The molecule has 2 heterocycles. The Morgan fingerprint density at radius 2 is 2.21 bits per heavy atom. The van der Waals surface area contributed by atoms with Crippen molar-refractivity contribution in [1.29, 1.82) is 0 Å². The van der Waals surface area contributed by atoms with E-state index in [4.69, 9.17) is 4.74 Å². The molecular formula is C13H16N2O3S. The molecular weight excluding hydrogens is 264 g/mol. The predicted molar refractivity (Wildman–Crippen MR) is 72.8 cm³/mol. The molecule has 2 amide bonds. The number of ether oxygens (including phenoxy) is 1. The molecule has 1 aliphatic rings. The second-order valence-corrected chi connectivity index (χ2v) is 5.21. The van der Waals surface area contributed by atoms with Gasteiger partial charge >= 0.3 is 12.0 Å². The Morgan fingerprint density at radius 1 is 1.47 bits per heavy atom. The molecule has 1 atom stereocenters. The first kappa shape index (κ1) is 13.6. The summed E-state index contributed by atoms with van der Waals surface area (Å²) in [4.78, 5) is 24.6. The number of hydrogen-bond donors (Lipinski definition) is 2. The van der Waals surface area contributed by atoms with Gasteiger partial charge in [-0.25, -0.2) is 9.59 Å². The fourth-order valence-corrected chi connectivity index (χ4v) is 3.04. The minimum atomic E-state index is -0.437. The summed E-state index contributed by atoms with van der Waals surface area (Å²) in [5, 5.41) is 7.34. The molecule has 2 rings (SSSR count). The Morgan fingerprint density at radius 3 is 2.79 bits per heavy atom. The van der Waals surface area contributed by atoms with Crippen LogP contribution in [0.15, 0.2) is 22.7 Å². The Labute approximate surface area is 115 Å². The van der Waals surface area contributed by atoms with Crippen molar-refractivity contribution < 1.29 is 14.3 Å². The normalized spacial score (nSPS) is 18.9. The van der Waals surface area contributed by atoms with E-state index in [1.165, 1.54) is 11.3 Å². The van der Waals surface area contributed by atoms with Crippen LogP contribution in [-0.4, -0.2) is 18.6 Å². The first-order valence-electron chi connectivity index (χ1n) is 6.04. The average Bonchev–Trinajstić information content (AvgIpc) is 2.74. The summed E-state index contributed by atoms with van der Waals surface area (Å²) in [5.74, 6) is -0.398. The second kappa shape index (κ2) is 5.44. The van der Waals surface area contributed by atoms with Crippen LogP contribution >= 0.6 is 11.3 Å². The van der Waals surface area contributed by atoms with Gasteiger partial charge in [0.15, 0.2) is 0 Å². The smallest absolute Gasteiger partial charge is 0.338 e. The lowest BCUT2D eigenvalue weighted by Gasteiger charge is -2.27. The number of hydrogen-bond acceptors (Lipinski definition) is 4. The first-order chi connectivity index (χ1) is 9.04. The number of aryl methyl sites for hydroxylation is 1. The third kappa shape index (κ3) is 2.63. The summed E-state index contributed by atoms with van der Waals surface area (Å²) in [6.45, 7) is 5.73. The number of amides is 2. The van der Waals surface area contributed by atoms with Crippen molar-refractivity contribution >= 4 is 23.3 Å². The molecule has 5 nitrogen and oxygen atoms in total. The lowest BCUT2D eigenvalue weighted by atomic mass is 9.99. The van der Waals surface area contributed by atoms with Gasteiger partial charge in [0, 0.05) is 10.6 Å². The molecule has 6 heteroatoms. The van der Waals surface area contributed by atoms with Crippen molar-refractivity contribution in [2.45, 2.75) is 26.8 Å². The van der Waals surface area contributed by atoms with Gasteiger partial charge in [-0.2, -0.15) is 0 Å². The van der Waals surface area contributed by atoms with Crippen molar-refractivity contribution in [3.63, 3.8) is 0 Å². The molecule has 0 saturated carbocycles. The molecule has 0 saturated heterocycles. The highest BCUT2D eigenvalue weighted by atomic mass is 32.1. The number of allylic oxidation sites excluding steroid dienone is 1. The summed E-state index contributed by atoms with van der Waals surface area (Å²) in [6, 6.07) is 1.22. The molecule has 1 unspecified atom stereocenters. The monoisotopic (exact) mass is 280 g/mol. The molecule has 1 aromatic heterocycles. The first-order valence-corrected chi connectivity index (χ1v) is 6.92. The molecule has 0 aromatic carbocycles. The van der Waals surface area contributed by atoms with E-state index < -0.39 is 12.0 Å². The van der Waals surface area contributed by atoms with Crippen LogP contribution in [-0.2, 0) is 9.53 Å². The maximum atomic E-state index is 12.1. The molecule has 1 aromatic rings. The highest BCUT2D eigenvalue weighted by molar-refractivity contribution is 7.10. The topological polar surface area (TPSA) is 67.4 Å². The van der Waals surface area contributed by atoms with Crippen LogP contribution < -0.4 is 10.6 Å².